The molecule has 0 saturated carbocycles. The Labute approximate surface area is 216 Å². The van der Waals surface area contributed by atoms with Gasteiger partial charge in [0.1, 0.15) is 20.2 Å². The van der Waals surface area contributed by atoms with Crippen molar-refractivity contribution >= 4 is 129 Å². The molecule has 0 heterocycles. The Balaban J connectivity index is 0.000000443. The zero-order valence-corrected chi connectivity index (χ0v) is 23.4. The van der Waals surface area contributed by atoms with Crippen LogP contribution >= 0.6 is 63.7 Å². The van der Waals surface area contributed by atoms with E-state index in [4.69, 9.17) is 0 Å². The maximum absolute atomic E-state index is 10.6. The predicted molar refractivity (Wildman–Crippen MR) is 105 cm³/mol. The topological polar surface area (TPSA) is 114 Å². The SMILES string of the molecule is O=S(=O)([O-])c1cc(Br)ccc1Br.O=S(=O)([O-])c1cc(Br)ccc1Br.[Sr+2]. The minimum Gasteiger partial charge on any atom is -0.744 e. The second kappa shape index (κ2) is 11.0. The molecule has 0 atom stereocenters. The molecule has 0 aliphatic rings. The van der Waals surface area contributed by atoms with Gasteiger partial charge >= 0.3 is 45.5 Å². The minimum absolute atomic E-state index is 0. The van der Waals surface area contributed by atoms with Crippen LogP contribution in [0.1, 0.15) is 0 Å². The Hall–Kier alpha value is 1.66. The Morgan fingerprint density at radius 1 is 0.640 bits per heavy atom. The van der Waals surface area contributed by atoms with Gasteiger partial charge in [-0.15, -0.1) is 0 Å². The molecule has 0 fully saturated rings. The number of halogens is 4. The Kier molecular flexibility index (Phi) is 11.7. The van der Waals surface area contributed by atoms with Crippen molar-refractivity contribution in [2.75, 3.05) is 0 Å². The third-order valence-corrected chi connectivity index (χ3v) is 6.97. The van der Waals surface area contributed by atoms with E-state index in [1.807, 2.05) is 0 Å². The van der Waals surface area contributed by atoms with Gasteiger partial charge in [-0.2, -0.15) is 0 Å². The third-order valence-electron chi connectivity index (χ3n) is 2.33. The summed E-state index contributed by atoms with van der Waals surface area (Å²) in [5.74, 6) is 0. The molecule has 0 aliphatic heterocycles. The zero-order valence-electron chi connectivity index (χ0n) is 11.9. The van der Waals surface area contributed by atoms with Crippen LogP contribution in [0.4, 0.5) is 0 Å². The van der Waals surface area contributed by atoms with Gasteiger partial charge in [-0.3, -0.25) is 0 Å². The molecule has 2 aromatic rings. The van der Waals surface area contributed by atoms with Crippen LogP contribution in [0.3, 0.4) is 0 Å². The van der Waals surface area contributed by atoms with Gasteiger partial charge in [-0.05, 0) is 68.3 Å². The van der Waals surface area contributed by atoms with Crippen LogP contribution in [0.2, 0.25) is 0 Å². The summed E-state index contributed by atoms with van der Waals surface area (Å²) >= 11 is 12.1. The summed E-state index contributed by atoms with van der Waals surface area (Å²) in [5, 5.41) is 0. The quantitative estimate of drug-likeness (QED) is 0.345. The van der Waals surface area contributed by atoms with Gasteiger partial charge in [0.15, 0.2) is 0 Å². The molecule has 0 saturated heterocycles. The van der Waals surface area contributed by atoms with E-state index in [1.165, 1.54) is 24.3 Å². The average molecular weight is 718 g/mol. The van der Waals surface area contributed by atoms with E-state index in [-0.39, 0.29) is 64.2 Å². The van der Waals surface area contributed by atoms with Crippen molar-refractivity contribution in [2.45, 2.75) is 9.79 Å². The summed E-state index contributed by atoms with van der Waals surface area (Å²) in [5.41, 5.74) is 0. The average Bonchev–Trinajstić information content (AvgIpc) is 2.42. The first-order valence-electron chi connectivity index (χ1n) is 5.64. The van der Waals surface area contributed by atoms with Crippen LogP contribution in [-0.4, -0.2) is 71.4 Å². The van der Waals surface area contributed by atoms with E-state index < -0.39 is 20.2 Å². The molecular formula is C12H6Br4O6S2Sr. The smallest absolute Gasteiger partial charge is 0.744 e. The largest absolute Gasteiger partial charge is 2.00 e. The molecule has 25 heavy (non-hydrogen) atoms. The van der Waals surface area contributed by atoms with Gasteiger partial charge in [0.25, 0.3) is 0 Å². The Bertz CT molecular complexity index is 884. The van der Waals surface area contributed by atoms with E-state index in [9.17, 15) is 25.9 Å². The van der Waals surface area contributed by atoms with Crippen LogP contribution in [0.25, 0.3) is 0 Å². The maximum Gasteiger partial charge on any atom is 2.00 e. The number of benzene rings is 2. The van der Waals surface area contributed by atoms with Gasteiger partial charge in [-0.25, -0.2) is 16.8 Å². The maximum atomic E-state index is 10.6. The molecule has 0 aliphatic carbocycles. The van der Waals surface area contributed by atoms with E-state index in [1.54, 1.807) is 12.1 Å². The second-order valence-corrected chi connectivity index (χ2v) is 10.3. The monoisotopic (exact) mass is 714 g/mol. The Morgan fingerprint density at radius 3 is 1.12 bits per heavy atom. The first kappa shape index (κ1) is 26.7. The molecule has 0 bridgehead atoms. The van der Waals surface area contributed by atoms with Crippen LogP contribution < -0.4 is 0 Å². The fourth-order valence-corrected chi connectivity index (χ4v) is 5.20. The van der Waals surface area contributed by atoms with Gasteiger partial charge in [-0.1, -0.05) is 31.9 Å². The fraction of sp³-hybridized carbons (Fsp3) is 0. The van der Waals surface area contributed by atoms with E-state index in [0.717, 1.165) is 0 Å². The first-order valence-corrected chi connectivity index (χ1v) is 11.6. The predicted octanol–water partition coefficient (Wildman–Crippen LogP) is 3.85. The van der Waals surface area contributed by atoms with Crippen molar-refractivity contribution in [1.82, 2.24) is 0 Å². The van der Waals surface area contributed by atoms with Gasteiger partial charge in [0, 0.05) is 17.9 Å². The zero-order chi connectivity index (χ0) is 18.7. The molecule has 2 rings (SSSR count). The molecule has 0 radical (unpaired) electrons. The van der Waals surface area contributed by atoms with Crippen molar-refractivity contribution in [3.05, 3.63) is 54.3 Å². The summed E-state index contributed by atoms with van der Waals surface area (Å²) in [6.45, 7) is 0. The van der Waals surface area contributed by atoms with Gasteiger partial charge < -0.3 is 9.11 Å². The molecule has 0 aromatic heterocycles. The van der Waals surface area contributed by atoms with Crippen molar-refractivity contribution in [3.63, 3.8) is 0 Å². The summed E-state index contributed by atoms with van der Waals surface area (Å²) in [6.07, 6.45) is 0. The molecular weight excluding hydrogens is 711 g/mol. The van der Waals surface area contributed by atoms with Gasteiger partial charge in [0.2, 0.25) is 0 Å². The van der Waals surface area contributed by atoms with Crippen molar-refractivity contribution in [3.8, 4) is 0 Å². The third kappa shape index (κ3) is 9.13. The number of rotatable bonds is 2. The molecule has 132 valence electrons. The summed E-state index contributed by atoms with van der Waals surface area (Å²) in [4.78, 5) is -0.506. The molecule has 0 spiro atoms. The number of hydrogen-bond acceptors (Lipinski definition) is 6. The normalized spacial score (nSPS) is 11.1. The number of hydrogen-bond donors (Lipinski definition) is 0. The minimum atomic E-state index is -4.38. The van der Waals surface area contributed by atoms with E-state index in [0.29, 0.717) is 8.95 Å². The second-order valence-electron chi connectivity index (χ2n) is 4.06. The standard InChI is InChI=1S/2C6H4Br2O3S.Sr/c2*7-4-1-2-5(8)6(3-4)12(9,10)11;/h2*1-3H,(H,9,10,11);/q;;+2/p-2. The summed E-state index contributed by atoms with van der Waals surface area (Å²) in [7, 11) is -8.77. The van der Waals surface area contributed by atoms with E-state index >= 15 is 0 Å². The van der Waals surface area contributed by atoms with Crippen molar-refractivity contribution in [2.24, 2.45) is 0 Å². The first-order chi connectivity index (χ1) is 10.8. The van der Waals surface area contributed by atoms with Crippen LogP contribution in [0.5, 0.6) is 0 Å². The molecule has 0 amide bonds. The van der Waals surface area contributed by atoms with Crippen molar-refractivity contribution in [1.29, 1.82) is 0 Å². The van der Waals surface area contributed by atoms with E-state index in [2.05, 4.69) is 63.7 Å². The fourth-order valence-electron chi connectivity index (χ4n) is 1.34. The molecule has 6 nitrogen and oxygen atoms in total. The molecule has 0 unspecified atom stereocenters. The molecule has 2 aromatic carbocycles. The molecule has 13 heteroatoms. The van der Waals surface area contributed by atoms with Crippen LogP contribution in [0, 0.1) is 0 Å². The summed E-state index contributed by atoms with van der Waals surface area (Å²) in [6, 6.07) is 8.78. The van der Waals surface area contributed by atoms with Crippen molar-refractivity contribution < 1.29 is 25.9 Å². The van der Waals surface area contributed by atoms with Crippen LogP contribution in [-0.2, 0) is 20.2 Å². The van der Waals surface area contributed by atoms with Crippen LogP contribution in [0.15, 0.2) is 64.1 Å². The molecule has 0 N–H and O–H groups in total. The van der Waals surface area contributed by atoms with Gasteiger partial charge in [0.05, 0.1) is 9.79 Å². The summed E-state index contributed by atoms with van der Waals surface area (Å²) < 4.78 is 65.3. The Morgan fingerprint density at radius 2 is 0.920 bits per heavy atom.